The van der Waals surface area contributed by atoms with E-state index in [1.165, 1.54) is 17.1 Å². The van der Waals surface area contributed by atoms with E-state index in [4.69, 9.17) is 0 Å². The first kappa shape index (κ1) is 17.7. The molecule has 4 aromatic rings. The van der Waals surface area contributed by atoms with Gasteiger partial charge in [-0.1, -0.05) is 30.3 Å². The molecule has 2 heterocycles. The van der Waals surface area contributed by atoms with Gasteiger partial charge in [-0.2, -0.15) is 5.10 Å². The molecule has 28 heavy (non-hydrogen) atoms. The van der Waals surface area contributed by atoms with Gasteiger partial charge in [-0.05, 0) is 43.2 Å². The van der Waals surface area contributed by atoms with Crippen LogP contribution in [0, 0.1) is 13.8 Å². The first-order valence-electron chi connectivity index (χ1n) is 8.89. The Morgan fingerprint density at radius 2 is 1.86 bits per heavy atom. The number of aryl methyl sites for hydroxylation is 1. The number of carbonyl (C=O) groups is 1. The van der Waals surface area contributed by atoms with Crippen molar-refractivity contribution in [3.05, 3.63) is 82.5 Å². The summed E-state index contributed by atoms with van der Waals surface area (Å²) in [5.74, 6) is -0.295. The fourth-order valence-electron chi connectivity index (χ4n) is 3.08. The maximum absolute atomic E-state index is 12.8. The summed E-state index contributed by atoms with van der Waals surface area (Å²) in [7, 11) is 0. The molecule has 4 rings (SSSR count). The van der Waals surface area contributed by atoms with Crippen molar-refractivity contribution >= 4 is 22.6 Å². The molecule has 0 atom stereocenters. The SMILES string of the molecule is Cc1cccc(-n2ncc3c(=O)n(CC(=O)Nc4ccccc4)cnc32)c1C. The lowest BCUT2D eigenvalue weighted by atomic mass is 10.1. The summed E-state index contributed by atoms with van der Waals surface area (Å²) in [6, 6.07) is 15.0. The zero-order valence-electron chi connectivity index (χ0n) is 15.6. The van der Waals surface area contributed by atoms with Crippen molar-refractivity contribution in [1.82, 2.24) is 19.3 Å². The van der Waals surface area contributed by atoms with E-state index in [1.807, 2.05) is 50.2 Å². The molecule has 0 fully saturated rings. The second-order valence-electron chi connectivity index (χ2n) is 6.60. The van der Waals surface area contributed by atoms with Crippen molar-refractivity contribution in [2.45, 2.75) is 20.4 Å². The second kappa shape index (κ2) is 7.11. The van der Waals surface area contributed by atoms with E-state index in [9.17, 15) is 9.59 Å². The van der Waals surface area contributed by atoms with Gasteiger partial charge in [0.1, 0.15) is 18.3 Å². The highest BCUT2D eigenvalue weighted by Gasteiger charge is 2.14. The molecule has 7 heteroatoms. The summed E-state index contributed by atoms with van der Waals surface area (Å²) in [6.07, 6.45) is 2.89. The van der Waals surface area contributed by atoms with Crippen LogP contribution in [0.3, 0.4) is 0 Å². The topological polar surface area (TPSA) is 81.8 Å². The molecule has 140 valence electrons. The van der Waals surface area contributed by atoms with E-state index in [0.29, 0.717) is 16.7 Å². The molecule has 0 aliphatic carbocycles. The molecule has 7 nitrogen and oxygen atoms in total. The quantitative estimate of drug-likeness (QED) is 0.596. The van der Waals surface area contributed by atoms with Gasteiger partial charge in [0, 0.05) is 5.69 Å². The van der Waals surface area contributed by atoms with Crippen LogP contribution in [0.4, 0.5) is 5.69 Å². The number of benzene rings is 2. The van der Waals surface area contributed by atoms with E-state index in [-0.39, 0.29) is 18.0 Å². The fraction of sp³-hybridized carbons (Fsp3) is 0.143. The van der Waals surface area contributed by atoms with Crippen LogP contribution in [-0.2, 0) is 11.3 Å². The van der Waals surface area contributed by atoms with Crippen molar-refractivity contribution in [3.8, 4) is 5.69 Å². The van der Waals surface area contributed by atoms with Gasteiger partial charge in [0.2, 0.25) is 5.91 Å². The van der Waals surface area contributed by atoms with Gasteiger partial charge in [0.05, 0.1) is 11.9 Å². The number of rotatable bonds is 4. The van der Waals surface area contributed by atoms with Crippen molar-refractivity contribution in [2.75, 3.05) is 5.32 Å². The molecule has 1 amide bonds. The Labute approximate surface area is 161 Å². The third-order valence-electron chi connectivity index (χ3n) is 4.73. The second-order valence-corrected chi connectivity index (χ2v) is 6.60. The van der Waals surface area contributed by atoms with E-state index < -0.39 is 0 Å². The number of anilines is 1. The van der Waals surface area contributed by atoms with Gasteiger partial charge in [0.15, 0.2) is 5.65 Å². The summed E-state index contributed by atoms with van der Waals surface area (Å²) in [4.78, 5) is 29.5. The molecular formula is C21H19N5O2. The van der Waals surface area contributed by atoms with Gasteiger partial charge >= 0.3 is 0 Å². The first-order chi connectivity index (χ1) is 13.5. The standard InChI is InChI=1S/C21H19N5O2/c1-14-7-6-10-18(15(14)2)26-20-17(11-23-26)21(28)25(13-22-20)12-19(27)24-16-8-4-3-5-9-16/h3-11,13H,12H2,1-2H3,(H,24,27). The van der Waals surface area contributed by atoms with E-state index in [0.717, 1.165) is 16.8 Å². The Balaban J connectivity index is 1.66. The van der Waals surface area contributed by atoms with Crippen molar-refractivity contribution < 1.29 is 4.79 Å². The Kier molecular flexibility index (Phi) is 4.49. The Bertz CT molecular complexity index is 1220. The lowest BCUT2D eigenvalue weighted by Gasteiger charge is -2.10. The molecule has 0 bridgehead atoms. The molecule has 0 saturated heterocycles. The molecule has 0 aliphatic rings. The Morgan fingerprint density at radius 1 is 1.07 bits per heavy atom. The highest BCUT2D eigenvalue weighted by Crippen LogP contribution is 2.19. The summed E-state index contributed by atoms with van der Waals surface area (Å²) < 4.78 is 2.95. The lowest BCUT2D eigenvalue weighted by Crippen LogP contribution is -2.27. The maximum Gasteiger partial charge on any atom is 0.264 e. The molecule has 0 radical (unpaired) electrons. The van der Waals surface area contributed by atoms with Crippen LogP contribution in [0.15, 0.2) is 65.8 Å². The monoisotopic (exact) mass is 373 g/mol. The van der Waals surface area contributed by atoms with Crippen LogP contribution in [-0.4, -0.2) is 25.2 Å². The maximum atomic E-state index is 12.8. The molecule has 0 spiro atoms. The zero-order chi connectivity index (χ0) is 19.7. The summed E-state index contributed by atoms with van der Waals surface area (Å²) >= 11 is 0. The third kappa shape index (κ3) is 3.18. The number of carbonyl (C=O) groups excluding carboxylic acids is 1. The van der Waals surface area contributed by atoms with E-state index >= 15 is 0 Å². The third-order valence-corrected chi connectivity index (χ3v) is 4.73. The molecule has 0 unspecified atom stereocenters. The van der Waals surface area contributed by atoms with E-state index in [2.05, 4.69) is 15.4 Å². The van der Waals surface area contributed by atoms with Crippen LogP contribution in [0.25, 0.3) is 16.7 Å². The zero-order valence-corrected chi connectivity index (χ0v) is 15.6. The predicted molar refractivity (Wildman–Crippen MR) is 108 cm³/mol. The molecule has 0 aliphatic heterocycles. The highest BCUT2D eigenvalue weighted by molar-refractivity contribution is 5.90. The number of amides is 1. The van der Waals surface area contributed by atoms with E-state index in [1.54, 1.807) is 16.8 Å². The summed E-state index contributed by atoms with van der Waals surface area (Å²) in [5, 5.41) is 7.49. The normalized spacial score (nSPS) is 10.9. The minimum atomic E-state index is -0.301. The molecule has 2 aromatic heterocycles. The van der Waals surface area contributed by atoms with Gasteiger partial charge in [0.25, 0.3) is 5.56 Å². The predicted octanol–water partition coefficient (Wildman–Crippen LogP) is 2.84. The summed E-state index contributed by atoms with van der Waals surface area (Å²) in [5.41, 5.74) is 3.93. The number of hydrogen-bond acceptors (Lipinski definition) is 4. The smallest absolute Gasteiger partial charge is 0.264 e. The van der Waals surface area contributed by atoms with Gasteiger partial charge in [-0.15, -0.1) is 0 Å². The largest absolute Gasteiger partial charge is 0.325 e. The first-order valence-corrected chi connectivity index (χ1v) is 8.89. The number of hydrogen-bond donors (Lipinski definition) is 1. The number of fused-ring (bicyclic) bond motifs is 1. The van der Waals surface area contributed by atoms with Crippen molar-refractivity contribution in [2.24, 2.45) is 0 Å². The summed E-state index contributed by atoms with van der Waals surface area (Å²) in [6.45, 7) is 3.91. The highest BCUT2D eigenvalue weighted by atomic mass is 16.2. The molecule has 1 N–H and O–H groups in total. The van der Waals surface area contributed by atoms with Crippen LogP contribution >= 0.6 is 0 Å². The minimum Gasteiger partial charge on any atom is -0.325 e. The van der Waals surface area contributed by atoms with Crippen molar-refractivity contribution in [3.63, 3.8) is 0 Å². The van der Waals surface area contributed by atoms with Gasteiger partial charge in [-0.25, -0.2) is 9.67 Å². The van der Waals surface area contributed by atoms with Crippen LogP contribution < -0.4 is 10.9 Å². The number of aromatic nitrogens is 4. The number of nitrogens with one attached hydrogen (secondary N) is 1. The molecular weight excluding hydrogens is 354 g/mol. The lowest BCUT2D eigenvalue weighted by molar-refractivity contribution is -0.116. The van der Waals surface area contributed by atoms with Crippen LogP contribution in [0.5, 0.6) is 0 Å². The Morgan fingerprint density at radius 3 is 2.64 bits per heavy atom. The Hall–Kier alpha value is -3.74. The molecule has 2 aromatic carbocycles. The average molecular weight is 373 g/mol. The molecule has 0 saturated carbocycles. The van der Waals surface area contributed by atoms with Crippen molar-refractivity contribution in [1.29, 1.82) is 0 Å². The van der Waals surface area contributed by atoms with Gasteiger partial charge in [-0.3, -0.25) is 14.2 Å². The number of para-hydroxylation sites is 1. The minimum absolute atomic E-state index is 0.120. The van der Waals surface area contributed by atoms with Gasteiger partial charge < -0.3 is 5.32 Å². The van der Waals surface area contributed by atoms with Crippen LogP contribution in [0.1, 0.15) is 11.1 Å². The number of nitrogens with zero attached hydrogens (tertiary/aromatic N) is 4. The van der Waals surface area contributed by atoms with Crippen LogP contribution in [0.2, 0.25) is 0 Å². The fourth-order valence-corrected chi connectivity index (χ4v) is 3.08. The average Bonchev–Trinajstić information content (AvgIpc) is 3.11.